The first-order valence-electron chi connectivity index (χ1n) is 8.84. The van der Waals surface area contributed by atoms with Crippen LogP contribution in [-0.4, -0.2) is 60.7 Å². The molecule has 1 unspecified atom stereocenters. The van der Waals surface area contributed by atoms with E-state index in [4.69, 9.17) is 0 Å². The zero-order valence-electron chi connectivity index (χ0n) is 15.4. The first-order chi connectivity index (χ1) is 14.4. The van der Waals surface area contributed by atoms with E-state index < -0.39 is 29.0 Å². The number of hydrogen-bond donors (Lipinski definition) is 3. The molecular weight excluding hydrogens is 448 g/mol. The number of carbonyl (C=O) groups excluding carboxylic acids is 2. The number of β-lactam (4-membered cyclic amide) rings is 1. The number of fused-ring (bicyclic) bond motifs is 1. The Balaban J connectivity index is 1.45. The molecule has 30 heavy (non-hydrogen) atoms. The molecule has 2 aliphatic rings. The summed E-state index contributed by atoms with van der Waals surface area (Å²) in [5.41, 5.74) is 0.0594. The van der Waals surface area contributed by atoms with E-state index in [9.17, 15) is 24.3 Å². The van der Waals surface area contributed by atoms with Gasteiger partial charge in [0.2, 0.25) is 5.91 Å². The predicted molar refractivity (Wildman–Crippen MR) is 113 cm³/mol. The second-order valence-corrected chi connectivity index (χ2v) is 9.65. The number of nitrogens with zero attached hydrogens (tertiary/aromatic N) is 2. The Morgan fingerprint density at radius 1 is 1.37 bits per heavy atom. The third-order valence-corrected chi connectivity index (χ3v) is 7.79. The topological polar surface area (TPSA) is 132 Å². The first kappa shape index (κ1) is 20.7. The molecule has 0 aliphatic carbocycles. The molecule has 4 heterocycles. The molecule has 2 amide bonds. The lowest BCUT2D eigenvalue weighted by molar-refractivity contribution is -0.150. The number of carbonyl (C=O) groups is 3. The maximum atomic E-state index is 12.7. The van der Waals surface area contributed by atoms with Gasteiger partial charge in [-0.1, -0.05) is 6.07 Å². The lowest BCUT2D eigenvalue weighted by atomic mass is 10.0. The SMILES string of the molecule is O=C(Cc1cccs1)NC1C(=O)N2C(C(=O)O)=C(CSc3ccnc(=O)[nH]3)CS[C@@H]12. The van der Waals surface area contributed by atoms with E-state index in [0.29, 0.717) is 22.1 Å². The number of thiophene rings is 1. The molecule has 156 valence electrons. The summed E-state index contributed by atoms with van der Waals surface area (Å²) in [4.78, 5) is 56.4. The number of aromatic amines is 1. The molecule has 0 bridgehead atoms. The van der Waals surface area contributed by atoms with Crippen molar-refractivity contribution in [2.45, 2.75) is 22.9 Å². The zero-order chi connectivity index (χ0) is 21.3. The quantitative estimate of drug-likeness (QED) is 0.313. The number of nitrogens with one attached hydrogen (secondary N) is 2. The van der Waals surface area contributed by atoms with Crippen LogP contribution in [0.15, 0.2) is 50.9 Å². The van der Waals surface area contributed by atoms with Crippen molar-refractivity contribution >= 4 is 52.6 Å². The van der Waals surface area contributed by atoms with Gasteiger partial charge in [0, 0.05) is 22.6 Å². The normalized spacial score (nSPS) is 20.5. The largest absolute Gasteiger partial charge is 0.477 e. The highest BCUT2D eigenvalue weighted by molar-refractivity contribution is 8.01. The number of carboxylic acids is 1. The van der Waals surface area contributed by atoms with Crippen LogP contribution < -0.4 is 11.0 Å². The average Bonchev–Trinajstić information content (AvgIpc) is 3.22. The van der Waals surface area contributed by atoms with E-state index in [1.54, 1.807) is 6.07 Å². The number of aromatic nitrogens is 2. The lowest BCUT2D eigenvalue weighted by Gasteiger charge is -2.49. The van der Waals surface area contributed by atoms with E-state index in [1.807, 2.05) is 17.5 Å². The van der Waals surface area contributed by atoms with Gasteiger partial charge in [0.25, 0.3) is 5.91 Å². The number of aliphatic carboxylic acids is 1. The van der Waals surface area contributed by atoms with Gasteiger partial charge in [0.05, 0.1) is 11.4 Å². The third kappa shape index (κ3) is 4.16. The van der Waals surface area contributed by atoms with Crippen molar-refractivity contribution < 1.29 is 19.5 Å². The van der Waals surface area contributed by atoms with Crippen LogP contribution >= 0.6 is 34.9 Å². The van der Waals surface area contributed by atoms with Gasteiger partial charge in [-0.05, 0) is 23.1 Å². The molecule has 0 radical (unpaired) electrons. The molecule has 4 rings (SSSR count). The monoisotopic (exact) mass is 464 g/mol. The highest BCUT2D eigenvalue weighted by atomic mass is 32.2. The molecule has 12 heteroatoms. The van der Waals surface area contributed by atoms with Crippen LogP contribution in [0.25, 0.3) is 0 Å². The Morgan fingerprint density at radius 2 is 2.20 bits per heavy atom. The van der Waals surface area contributed by atoms with Crippen molar-refractivity contribution in [2.24, 2.45) is 0 Å². The second-order valence-electron chi connectivity index (χ2n) is 6.50. The van der Waals surface area contributed by atoms with E-state index in [-0.39, 0.29) is 18.0 Å². The minimum Gasteiger partial charge on any atom is -0.477 e. The van der Waals surface area contributed by atoms with E-state index in [2.05, 4.69) is 15.3 Å². The fourth-order valence-electron chi connectivity index (χ4n) is 3.19. The highest BCUT2D eigenvalue weighted by Crippen LogP contribution is 2.41. The Bertz CT molecular complexity index is 1080. The summed E-state index contributed by atoms with van der Waals surface area (Å²) >= 11 is 4.15. The fourth-order valence-corrected chi connectivity index (χ4v) is 6.26. The average molecular weight is 465 g/mol. The first-order valence-corrected chi connectivity index (χ1v) is 11.8. The summed E-state index contributed by atoms with van der Waals surface area (Å²) in [5.74, 6) is -1.16. The number of hydrogen-bond acceptors (Lipinski definition) is 8. The smallest absolute Gasteiger partial charge is 0.352 e. The molecule has 2 aromatic rings. The minimum absolute atomic E-state index is 0.0450. The van der Waals surface area contributed by atoms with Crippen LogP contribution in [0.5, 0.6) is 0 Å². The van der Waals surface area contributed by atoms with Crippen LogP contribution in [0.1, 0.15) is 4.88 Å². The van der Waals surface area contributed by atoms with Crippen LogP contribution in [0.2, 0.25) is 0 Å². The van der Waals surface area contributed by atoms with Gasteiger partial charge in [-0.15, -0.1) is 34.9 Å². The lowest BCUT2D eigenvalue weighted by Crippen LogP contribution is -2.70. The molecule has 1 fully saturated rings. The van der Waals surface area contributed by atoms with Gasteiger partial charge in [-0.2, -0.15) is 0 Å². The maximum absolute atomic E-state index is 12.7. The maximum Gasteiger partial charge on any atom is 0.352 e. The summed E-state index contributed by atoms with van der Waals surface area (Å²) < 4.78 is 0. The zero-order valence-corrected chi connectivity index (χ0v) is 17.8. The molecule has 2 aliphatic heterocycles. The molecule has 1 saturated heterocycles. The van der Waals surface area contributed by atoms with E-state index in [0.717, 1.165) is 4.88 Å². The predicted octanol–water partition coefficient (Wildman–Crippen LogP) is 0.905. The highest BCUT2D eigenvalue weighted by Gasteiger charge is 2.54. The van der Waals surface area contributed by atoms with Crippen LogP contribution in [0.4, 0.5) is 0 Å². The van der Waals surface area contributed by atoms with E-state index >= 15 is 0 Å². The van der Waals surface area contributed by atoms with Gasteiger partial charge >= 0.3 is 11.7 Å². The van der Waals surface area contributed by atoms with Crippen molar-refractivity contribution in [3.05, 3.63) is 56.4 Å². The van der Waals surface area contributed by atoms with E-state index in [1.165, 1.54) is 46.0 Å². The molecule has 3 N–H and O–H groups in total. The molecule has 2 atom stereocenters. The van der Waals surface area contributed by atoms with Gasteiger partial charge in [-0.25, -0.2) is 14.6 Å². The van der Waals surface area contributed by atoms with Crippen LogP contribution in [0.3, 0.4) is 0 Å². The molecule has 0 saturated carbocycles. The van der Waals surface area contributed by atoms with Crippen LogP contribution in [-0.2, 0) is 20.8 Å². The van der Waals surface area contributed by atoms with Gasteiger partial charge < -0.3 is 15.4 Å². The Kier molecular flexibility index (Phi) is 5.97. The molecule has 0 aromatic carbocycles. The summed E-state index contributed by atoms with van der Waals surface area (Å²) in [7, 11) is 0. The number of rotatable bonds is 7. The van der Waals surface area contributed by atoms with Gasteiger partial charge in [-0.3, -0.25) is 14.5 Å². The fraction of sp³-hybridized carbons (Fsp3) is 0.278. The Hall–Kier alpha value is -2.57. The van der Waals surface area contributed by atoms with Crippen molar-refractivity contribution in [1.29, 1.82) is 0 Å². The van der Waals surface area contributed by atoms with Crippen molar-refractivity contribution in [2.75, 3.05) is 11.5 Å². The molecular formula is C18H16N4O5S3. The second kappa shape index (κ2) is 8.66. The summed E-state index contributed by atoms with van der Waals surface area (Å²) in [6.45, 7) is 0. The van der Waals surface area contributed by atoms with Gasteiger partial charge in [0.1, 0.15) is 17.1 Å². The summed E-state index contributed by atoms with van der Waals surface area (Å²) in [5, 5.41) is 14.4. The number of thioether (sulfide) groups is 2. The third-order valence-electron chi connectivity index (χ3n) is 4.53. The van der Waals surface area contributed by atoms with Crippen molar-refractivity contribution in [3.8, 4) is 0 Å². The standard InChI is InChI=1S/C18H16N4O5S3/c23-11(6-10-2-1-5-28-10)20-13-15(24)22-14(17(25)26)9(8-30-16(13)22)7-29-12-3-4-19-18(27)21-12/h1-5,13,16H,6-8H2,(H,20,23)(H,25,26)(H,19,21,27)/t13?,16-/m0/s1. The van der Waals surface area contributed by atoms with Crippen LogP contribution in [0, 0.1) is 0 Å². The summed E-state index contributed by atoms with van der Waals surface area (Å²) in [6, 6.07) is 4.59. The number of amides is 2. The minimum atomic E-state index is -1.18. The Labute approximate surface area is 183 Å². The molecule has 2 aromatic heterocycles. The van der Waals surface area contributed by atoms with Crippen molar-refractivity contribution in [1.82, 2.24) is 20.2 Å². The molecule has 9 nitrogen and oxygen atoms in total. The number of H-pyrrole nitrogens is 1. The van der Waals surface area contributed by atoms with Crippen molar-refractivity contribution in [3.63, 3.8) is 0 Å². The Morgan fingerprint density at radius 3 is 2.90 bits per heavy atom. The molecule has 0 spiro atoms. The summed E-state index contributed by atoms with van der Waals surface area (Å²) in [6.07, 6.45) is 1.56. The van der Waals surface area contributed by atoms with Gasteiger partial charge in [0.15, 0.2) is 0 Å². The number of carboxylic acid groups (broad SMARTS) is 1.